The Balaban J connectivity index is 1.61. The maximum absolute atomic E-state index is 10.0. The Morgan fingerprint density at radius 2 is 2.17 bits per heavy atom. The first-order valence-corrected chi connectivity index (χ1v) is 9.18. The van der Waals surface area contributed by atoms with E-state index in [1.165, 1.54) is 43.2 Å². The minimum absolute atomic E-state index is 0.165. The molecule has 1 aromatic rings. The van der Waals surface area contributed by atoms with Gasteiger partial charge in [-0.15, -0.1) is 0 Å². The smallest absolute Gasteiger partial charge is 0.127 e. The number of allylic oxidation sites excluding steroid dienone is 1. The van der Waals surface area contributed by atoms with Gasteiger partial charge >= 0.3 is 0 Å². The third-order valence-electron chi connectivity index (χ3n) is 7.91. The van der Waals surface area contributed by atoms with E-state index in [-0.39, 0.29) is 12.0 Å². The first-order chi connectivity index (χ1) is 11.0. The standard InChI is InChI=1S/C20H29NO2/c1-13-4-5-15-8-16(6-7-19(13,15)2)20(3)10-14-12-23-21-18(14)9-17(20)11-22/h12,15-17,22H,1,4-11H2,2-3H3. The van der Waals surface area contributed by atoms with E-state index in [1.807, 2.05) is 6.26 Å². The minimum Gasteiger partial charge on any atom is -0.396 e. The third-order valence-corrected chi connectivity index (χ3v) is 7.91. The number of aliphatic hydroxyl groups excluding tert-OH is 1. The van der Waals surface area contributed by atoms with Crippen LogP contribution in [0.15, 0.2) is 22.9 Å². The molecule has 1 N–H and O–H groups in total. The molecule has 3 nitrogen and oxygen atoms in total. The van der Waals surface area contributed by atoms with Crippen molar-refractivity contribution >= 4 is 0 Å². The highest BCUT2D eigenvalue weighted by atomic mass is 16.5. The van der Waals surface area contributed by atoms with Gasteiger partial charge in [-0.3, -0.25) is 0 Å². The molecule has 0 spiro atoms. The third kappa shape index (κ3) is 2.15. The molecule has 23 heavy (non-hydrogen) atoms. The van der Waals surface area contributed by atoms with Crippen LogP contribution in [0, 0.1) is 28.6 Å². The Labute approximate surface area is 139 Å². The molecule has 0 aromatic carbocycles. The summed E-state index contributed by atoms with van der Waals surface area (Å²) in [7, 11) is 0. The van der Waals surface area contributed by atoms with Crippen LogP contribution in [0.5, 0.6) is 0 Å². The highest BCUT2D eigenvalue weighted by Gasteiger charge is 2.52. The predicted molar refractivity (Wildman–Crippen MR) is 89.9 cm³/mol. The molecular weight excluding hydrogens is 286 g/mol. The lowest BCUT2D eigenvalue weighted by Crippen LogP contribution is -2.47. The molecule has 5 unspecified atom stereocenters. The molecular formula is C20H29NO2. The summed E-state index contributed by atoms with van der Waals surface area (Å²) in [6, 6.07) is 0. The maximum Gasteiger partial charge on any atom is 0.127 e. The van der Waals surface area contributed by atoms with E-state index in [0.29, 0.717) is 17.3 Å². The second-order valence-corrected chi connectivity index (χ2v) is 8.78. The van der Waals surface area contributed by atoms with Gasteiger partial charge in [0.1, 0.15) is 6.26 Å². The first kappa shape index (κ1) is 15.4. The predicted octanol–water partition coefficient (Wildman–Crippen LogP) is 4.16. The Kier molecular flexibility index (Phi) is 3.49. The second-order valence-electron chi connectivity index (χ2n) is 8.78. The Bertz CT molecular complexity index is 621. The van der Waals surface area contributed by atoms with Gasteiger partial charge in [0.25, 0.3) is 0 Å². The van der Waals surface area contributed by atoms with Crippen LogP contribution in [0.3, 0.4) is 0 Å². The Morgan fingerprint density at radius 1 is 1.35 bits per heavy atom. The summed E-state index contributed by atoms with van der Waals surface area (Å²) in [4.78, 5) is 0. The molecule has 126 valence electrons. The van der Waals surface area contributed by atoms with Crippen LogP contribution in [0.1, 0.15) is 57.2 Å². The molecule has 1 heterocycles. The number of hydrogen-bond donors (Lipinski definition) is 1. The molecule has 0 amide bonds. The summed E-state index contributed by atoms with van der Waals surface area (Å²) in [5.74, 6) is 1.78. The number of nitrogens with zero attached hydrogens (tertiary/aromatic N) is 1. The van der Waals surface area contributed by atoms with E-state index >= 15 is 0 Å². The number of fused-ring (bicyclic) bond motifs is 2. The van der Waals surface area contributed by atoms with Gasteiger partial charge in [-0.05, 0) is 73.5 Å². The molecule has 0 aliphatic heterocycles. The number of rotatable bonds is 2. The van der Waals surface area contributed by atoms with Crippen molar-refractivity contribution < 1.29 is 9.63 Å². The summed E-state index contributed by atoms with van der Waals surface area (Å²) < 4.78 is 5.20. The molecule has 3 heteroatoms. The first-order valence-electron chi connectivity index (χ1n) is 9.18. The molecule has 2 saturated carbocycles. The lowest BCUT2D eigenvalue weighted by molar-refractivity contribution is -0.0130. The molecule has 0 radical (unpaired) electrons. The van der Waals surface area contributed by atoms with Crippen molar-refractivity contribution in [1.29, 1.82) is 0 Å². The van der Waals surface area contributed by atoms with Crippen LogP contribution in [-0.2, 0) is 12.8 Å². The fourth-order valence-corrected chi connectivity index (χ4v) is 5.90. The van der Waals surface area contributed by atoms with E-state index in [0.717, 1.165) is 24.5 Å². The zero-order valence-corrected chi connectivity index (χ0v) is 14.5. The molecule has 5 atom stereocenters. The van der Waals surface area contributed by atoms with Crippen molar-refractivity contribution in [2.75, 3.05) is 6.61 Å². The van der Waals surface area contributed by atoms with Crippen molar-refractivity contribution in [3.63, 3.8) is 0 Å². The average molecular weight is 315 g/mol. The van der Waals surface area contributed by atoms with Gasteiger partial charge in [0, 0.05) is 12.2 Å². The van der Waals surface area contributed by atoms with E-state index in [1.54, 1.807) is 0 Å². The highest BCUT2D eigenvalue weighted by molar-refractivity contribution is 5.24. The Hall–Kier alpha value is -1.09. The largest absolute Gasteiger partial charge is 0.396 e. The molecule has 2 fully saturated rings. The average Bonchev–Trinajstić information content (AvgIpc) is 3.10. The lowest BCUT2D eigenvalue weighted by atomic mass is 9.53. The summed E-state index contributed by atoms with van der Waals surface area (Å²) in [5, 5.41) is 14.2. The van der Waals surface area contributed by atoms with Crippen LogP contribution in [0.4, 0.5) is 0 Å². The minimum atomic E-state index is 0.165. The van der Waals surface area contributed by atoms with Crippen LogP contribution >= 0.6 is 0 Å². The fraction of sp³-hybridized carbons (Fsp3) is 0.750. The number of aliphatic hydroxyl groups is 1. The zero-order chi connectivity index (χ0) is 16.2. The van der Waals surface area contributed by atoms with Gasteiger partial charge in [-0.25, -0.2) is 0 Å². The second kappa shape index (κ2) is 5.20. The van der Waals surface area contributed by atoms with Gasteiger partial charge in [-0.2, -0.15) is 0 Å². The van der Waals surface area contributed by atoms with Gasteiger partial charge in [-0.1, -0.05) is 31.2 Å². The summed E-state index contributed by atoms with van der Waals surface area (Å²) in [5.41, 5.74) is 4.35. The number of aromatic nitrogens is 1. The Morgan fingerprint density at radius 3 is 2.96 bits per heavy atom. The summed E-state index contributed by atoms with van der Waals surface area (Å²) >= 11 is 0. The van der Waals surface area contributed by atoms with E-state index in [4.69, 9.17) is 4.52 Å². The summed E-state index contributed by atoms with van der Waals surface area (Å²) in [6.45, 7) is 9.46. The quantitative estimate of drug-likeness (QED) is 0.834. The number of hydrogen-bond acceptors (Lipinski definition) is 3. The SMILES string of the molecule is C=C1CCC2CC(C3(C)Cc4conc4CC3CO)CCC12C. The van der Waals surface area contributed by atoms with Crippen molar-refractivity contribution in [3.05, 3.63) is 29.7 Å². The topological polar surface area (TPSA) is 46.3 Å². The van der Waals surface area contributed by atoms with Gasteiger partial charge in [0.2, 0.25) is 0 Å². The molecule has 3 aliphatic carbocycles. The normalized spacial score (nSPS) is 43.3. The highest BCUT2D eigenvalue weighted by Crippen LogP contribution is 2.60. The van der Waals surface area contributed by atoms with Crippen molar-refractivity contribution in [2.45, 2.75) is 58.8 Å². The lowest BCUT2D eigenvalue weighted by Gasteiger charge is -2.51. The van der Waals surface area contributed by atoms with E-state index in [2.05, 4.69) is 25.6 Å². The van der Waals surface area contributed by atoms with Crippen LogP contribution in [-0.4, -0.2) is 16.9 Å². The zero-order valence-electron chi connectivity index (χ0n) is 14.5. The summed E-state index contributed by atoms with van der Waals surface area (Å²) in [6.07, 6.45) is 10.0. The molecule has 1 aromatic heterocycles. The van der Waals surface area contributed by atoms with Crippen molar-refractivity contribution in [1.82, 2.24) is 5.16 Å². The van der Waals surface area contributed by atoms with Gasteiger partial charge in [0.05, 0.1) is 5.69 Å². The molecule has 0 bridgehead atoms. The van der Waals surface area contributed by atoms with Crippen LogP contribution < -0.4 is 0 Å². The van der Waals surface area contributed by atoms with Crippen molar-refractivity contribution in [3.8, 4) is 0 Å². The van der Waals surface area contributed by atoms with Crippen LogP contribution in [0.2, 0.25) is 0 Å². The van der Waals surface area contributed by atoms with E-state index < -0.39 is 0 Å². The van der Waals surface area contributed by atoms with Gasteiger partial charge < -0.3 is 9.63 Å². The van der Waals surface area contributed by atoms with E-state index in [9.17, 15) is 5.11 Å². The van der Waals surface area contributed by atoms with Crippen LogP contribution in [0.25, 0.3) is 0 Å². The molecule has 4 rings (SSSR count). The molecule has 3 aliphatic rings. The molecule has 0 saturated heterocycles. The fourth-order valence-electron chi connectivity index (χ4n) is 5.90. The van der Waals surface area contributed by atoms with Gasteiger partial charge in [0.15, 0.2) is 0 Å². The maximum atomic E-state index is 10.0. The van der Waals surface area contributed by atoms with Crippen molar-refractivity contribution in [2.24, 2.45) is 28.6 Å². The monoisotopic (exact) mass is 315 g/mol.